The van der Waals surface area contributed by atoms with Gasteiger partial charge in [-0.15, -0.1) is 11.3 Å². The van der Waals surface area contributed by atoms with Gasteiger partial charge in [0.1, 0.15) is 5.01 Å². The van der Waals surface area contributed by atoms with E-state index in [-0.39, 0.29) is 0 Å². The summed E-state index contributed by atoms with van der Waals surface area (Å²) < 4.78 is 0. The van der Waals surface area contributed by atoms with Crippen LogP contribution in [0.4, 0.5) is 0 Å². The van der Waals surface area contributed by atoms with Crippen LogP contribution in [-0.2, 0) is 6.42 Å². The van der Waals surface area contributed by atoms with Crippen LogP contribution < -0.4 is 0 Å². The fourth-order valence-corrected chi connectivity index (χ4v) is 2.60. The molecule has 3 aromatic rings. The molecule has 0 atom stereocenters. The van der Waals surface area contributed by atoms with Crippen molar-refractivity contribution in [2.75, 3.05) is 0 Å². The molecule has 0 aliphatic rings. The molecule has 3 rings (SSSR count). The highest BCUT2D eigenvalue weighted by molar-refractivity contribution is 7.15. The second-order valence-corrected chi connectivity index (χ2v) is 4.99. The van der Waals surface area contributed by atoms with Crippen LogP contribution in [0.3, 0.4) is 0 Å². The molecule has 0 amide bonds. The summed E-state index contributed by atoms with van der Waals surface area (Å²) in [6, 6.07) is 12.3. The molecule has 0 N–H and O–H groups in total. The Morgan fingerprint density at radius 2 is 2.00 bits per heavy atom. The third-order valence-electron chi connectivity index (χ3n) is 2.72. The summed E-state index contributed by atoms with van der Waals surface area (Å²) in [7, 11) is 0. The van der Waals surface area contributed by atoms with Crippen molar-refractivity contribution in [3.63, 3.8) is 0 Å². The molecule has 0 aliphatic carbocycles. The van der Waals surface area contributed by atoms with Gasteiger partial charge in [0.2, 0.25) is 0 Å². The highest BCUT2D eigenvalue weighted by atomic mass is 32.1. The van der Waals surface area contributed by atoms with Crippen LogP contribution in [0.5, 0.6) is 0 Å². The van der Waals surface area contributed by atoms with Crippen LogP contribution in [0.1, 0.15) is 11.8 Å². The van der Waals surface area contributed by atoms with E-state index >= 15 is 0 Å². The standard InChI is InChI=1S/C14H12N2S/c1-2-11-9-15-14(17-11)13-8-7-10-5-3-4-6-12(10)16-13/h3-9H,2H2,1H3. The molecule has 0 bridgehead atoms. The van der Waals surface area contributed by atoms with E-state index in [0.717, 1.165) is 22.6 Å². The topological polar surface area (TPSA) is 25.8 Å². The summed E-state index contributed by atoms with van der Waals surface area (Å²) in [5.74, 6) is 0. The van der Waals surface area contributed by atoms with E-state index in [2.05, 4.69) is 29.0 Å². The third-order valence-corrected chi connectivity index (χ3v) is 3.88. The summed E-state index contributed by atoms with van der Waals surface area (Å²) >= 11 is 1.72. The zero-order valence-electron chi connectivity index (χ0n) is 9.55. The van der Waals surface area contributed by atoms with Gasteiger partial charge in [-0.25, -0.2) is 9.97 Å². The van der Waals surface area contributed by atoms with Crippen molar-refractivity contribution < 1.29 is 0 Å². The summed E-state index contributed by atoms with van der Waals surface area (Å²) in [4.78, 5) is 10.4. The molecule has 2 aromatic heterocycles. The molecule has 0 saturated carbocycles. The Bertz CT molecular complexity index is 658. The number of para-hydroxylation sites is 1. The number of hydrogen-bond acceptors (Lipinski definition) is 3. The van der Waals surface area contributed by atoms with Crippen molar-refractivity contribution in [1.82, 2.24) is 9.97 Å². The molecule has 0 aliphatic heterocycles. The van der Waals surface area contributed by atoms with Crippen LogP contribution in [0.25, 0.3) is 21.6 Å². The number of rotatable bonds is 2. The van der Waals surface area contributed by atoms with Gasteiger partial charge in [-0.1, -0.05) is 31.2 Å². The van der Waals surface area contributed by atoms with Crippen molar-refractivity contribution in [2.24, 2.45) is 0 Å². The lowest BCUT2D eigenvalue weighted by molar-refractivity contribution is 1.17. The Hall–Kier alpha value is -1.74. The van der Waals surface area contributed by atoms with E-state index in [1.807, 2.05) is 30.5 Å². The zero-order valence-corrected chi connectivity index (χ0v) is 10.4. The molecular weight excluding hydrogens is 228 g/mol. The van der Waals surface area contributed by atoms with Gasteiger partial charge in [0.25, 0.3) is 0 Å². The molecule has 0 unspecified atom stereocenters. The van der Waals surface area contributed by atoms with E-state index in [0.29, 0.717) is 0 Å². The Kier molecular flexibility index (Phi) is 2.61. The van der Waals surface area contributed by atoms with Crippen LogP contribution in [0.2, 0.25) is 0 Å². The number of aromatic nitrogens is 2. The highest BCUT2D eigenvalue weighted by Crippen LogP contribution is 2.25. The van der Waals surface area contributed by atoms with Crippen LogP contribution in [-0.4, -0.2) is 9.97 Å². The maximum absolute atomic E-state index is 4.64. The van der Waals surface area contributed by atoms with E-state index in [9.17, 15) is 0 Å². The molecule has 0 fully saturated rings. The van der Waals surface area contributed by atoms with Crippen molar-refractivity contribution in [1.29, 1.82) is 0 Å². The summed E-state index contributed by atoms with van der Waals surface area (Å²) in [6.07, 6.45) is 2.97. The van der Waals surface area contributed by atoms with Gasteiger partial charge in [-0.2, -0.15) is 0 Å². The van der Waals surface area contributed by atoms with Crippen molar-refractivity contribution >= 4 is 22.2 Å². The van der Waals surface area contributed by atoms with Gasteiger partial charge in [-0.05, 0) is 18.6 Å². The smallest absolute Gasteiger partial charge is 0.142 e. The molecule has 2 nitrogen and oxygen atoms in total. The number of thiazole rings is 1. The van der Waals surface area contributed by atoms with Gasteiger partial charge in [-0.3, -0.25) is 0 Å². The minimum Gasteiger partial charge on any atom is -0.245 e. The molecule has 84 valence electrons. The van der Waals surface area contributed by atoms with Crippen LogP contribution >= 0.6 is 11.3 Å². The largest absolute Gasteiger partial charge is 0.245 e. The SMILES string of the molecule is CCc1cnc(-c2ccc3ccccc3n2)s1. The van der Waals surface area contributed by atoms with Gasteiger partial charge in [0.05, 0.1) is 11.2 Å². The molecule has 0 radical (unpaired) electrons. The molecule has 0 spiro atoms. The number of benzene rings is 1. The fourth-order valence-electron chi connectivity index (χ4n) is 1.77. The van der Waals surface area contributed by atoms with Gasteiger partial charge in [0, 0.05) is 16.5 Å². The first-order chi connectivity index (χ1) is 8.36. The van der Waals surface area contributed by atoms with Crippen LogP contribution in [0, 0.1) is 0 Å². The Balaban J connectivity index is 2.11. The van der Waals surface area contributed by atoms with E-state index in [1.54, 1.807) is 11.3 Å². The number of hydrogen-bond donors (Lipinski definition) is 0. The highest BCUT2D eigenvalue weighted by Gasteiger charge is 2.05. The van der Waals surface area contributed by atoms with Crippen LogP contribution in [0.15, 0.2) is 42.6 Å². The summed E-state index contributed by atoms with van der Waals surface area (Å²) in [5.41, 5.74) is 1.99. The zero-order chi connectivity index (χ0) is 11.7. The quantitative estimate of drug-likeness (QED) is 0.678. The molecule has 1 aromatic carbocycles. The normalized spacial score (nSPS) is 10.9. The van der Waals surface area contributed by atoms with Crippen molar-refractivity contribution in [3.8, 4) is 10.7 Å². The fraction of sp³-hybridized carbons (Fsp3) is 0.143. The van der Waals surface area contributed by atoms with Crippen molar-refractivity contribution in [2.45, 2.75) is 13.3 Å². The van der Waals surface area contributed by atoms with E-state index < -0.39 is 0 Å². The number of fused-ring (bicyclic) bond motifs is 1. The first kappa shape index (κ1) is 10.4. The molecular formula is C14H12N2S. The van der Waals surface area contributed by atoms with Gasteiger partial charge < -0.3 is 0 Å². The molecule has 3 heteroatoms. The summed E-state index contributed by atoms with van der Waals surface area (Å²) in [6.45, 7) is 2.14. The van der Waals surface area contributed by atoms with E-state index in [1.165, 1.54) is 10.3 Å². The predicted molar refractivity (Wildman–Crippen MR) is 72.2 cm³/mol. The maximum atomic E-state index is 4.64. The second kappa shape index (κ2) is 4.26. The lowest BCUT2D eigenvalue weighted by atomic mass is 10.2. The van der Waals surface area contributed by atoms with Gasteiger partial charge in [0.15, 0.2) is 0 Å². The third kappa shape index (κ3) is 1.94. The molecule has 0 saturated heterocycles. The number of nitrogens with zero attached hydrogens (tertiary/aromatic N) is 2. The number of aryl methyl sites for hydroxylation is 1. The minimum absolute atomic E-state index is 0.966. The monoisotopic (exact) mass is 240 g/mol. The Morgan fingerprint density at radius 1 is 1.12 bits per heavy atom. The Labute approximate surface area is 104 Å². The maximum Gasteiger partial charge on any atom is 0.142 e. The molecule has 2 heterocycles. The predicted octanol–water partition coefficient (Wildman–Crippen LogP) is 3.92. The minimum atomic E-state index is 0.966. The average molecular weight is 240 g/mol. The summed E-state index contributed by atoms with van der Waals surface area (Å²) in [5, 5.41) is 2.18. The van der Waals surface area contributed by atoms with Crippen molar-refractivity contribution in [3.05, 3.63) is 47.5 Å². The number of pyridine rings is 1. The molecule has 17 heavy (non-hydrogen) atoms. The lowest BCUT2D eigenvalue weighted by Gasteiger charge is -1.99. The average Bonchev–Trinajstić information content (AvgIpc) is 2.87. The lowest BCUT2D eigenvalue weighted by Crippen LogP contribution is -1.83. The first-order valence-electron chi connectivity index (χ1n) is 5.67. The van der Waals surface area contributed by atoms with Gasteiger partial charge >= 0.3 is 0 Å². The second-order valence-electron chi connectivity index (χ2n) is 3.87. The van der Waals surface area contributed by atoms with E-state index in [4.69, 9.17) is 0 Å². The first-order valence-corrected chi connectivity index (χ1v) is 6.49. The Morgan fingerprint density at radius 3 is 2.82 bits per heavy atom.